The van der Waals surface area contributed by atoms with Gasteiger partial charge in [-0.1, -0.05) is 132 Å². The van der Waals surface area contributed by atoms with Gasteiger partial charge in [0.05, 0.1) is 0 Å². The molecule has 0 amide bonds. The molecule has 0 aliphatic rings. The van der Waals surface area contributed by atoms with Crippen LogP contribution >= 0.6 is 0 Å². The van der Waals surface area contributed by atoms with Gasteiger partial charge in [0, 0.05) is 29.4 Å². The average Bonchev–Trinajstić information content (AvgIpc) is 3.76. The standard InChI is InChI=1S/C62H44N3O.Ir/c1-42-32-35-65-60(36-42)50-28-30-54(56(41-50)49-29-31-62-57(40-49)55-12-4-5-15-61(55)66-62)53-11-3-2-10-52(53)51-38-45(18-16-43-20-24-47(25-21-43)58-13-6-8-33-63-58)37-46(39-51)19-17-44-22-26-48(27-23-44)59-14-7-9-34-64-59;/h2-15,20-24,26,29-41H,16-19H2,1H3;/q-3;+3. The van der Waals surface area contributed by atoms with Crippen molar-refractivity contribution < 1.29 is 24.5 Å². The summed E-state index contributed by atoms with van der Waals surface area (Å²) in [6.07, 6.45) is 9.10. The van der Waals surface area contributed by atoms with Crippen LogP contribution in [0.2, 0.25) is 0 Å². The van der Waals surface area contributed by atoms with Crippen molar-refractivity contribution in [3.05, 3.63) is 247 Å². The van der Waals surface area contributed by atoms with E-state index in [1.165, 1.54) is 33.4 Å². The number of furan rings is 1. The van der Waals surface area contributed by atoms with Crippen molar-refractivity contribution >= 4 is 21.9 Å². The normalized spacial score (nSPS) is 11.2. The molecule has 11 rings (SSSR count). The Labute approximate surface area is 405 Å². The molecule has 0 saturated carbocycles. The zero-order valence-corrected chi connectivity index (χ0v) is 39.4. The predicted octanol–water partition coefficient (Wildman–Crippen LogP) is 15.0. The van der Waals surface area contributed by atoms with E-state index in [1.807, 2.05) is 73.2 Å². The van der Waals surface area contributed by atoms with Crippen molar-refractivity contribution in [2.45, 2.75) is 32.6 Å². The molecule has 4 heterocycles. The van der Waals surface area contributed by atoms with Crippen LogP contribution in [0.15, 0.2) is 205 Å². The minimum Gasteiger partial charge on any atom is -0.456 e. The molecule has 322 valence electrons. The molecular formula is C62H44IrN3O. The Morgan fingerprint density at radius 2 is 0.985 bits per heavy atom. The van der Waals surface area contributed by atoms with Gasteiger partial charge >= 0.3 is 20.1 Å². The molecule has 4 nitrogen and oxygen atoms in total. The van der Waals surface area contributed by atoms with E-state index >= 15 is 0 Å². The van der Waals surface area contributed by atoms with Gasteiger partial charge in [0.1, 0.15) is 11.2 Å². The summed E-state index contributed by atoms with van der Waals surface area (Å²) in [7, 11) is 0. The fourth-order valence-electron chi connectivity index (χ4n) is 9.02. The first-order valence-corrected chi connectivity index (χ1v) is 22.6. The zero-order valence-electron chi connectivity index (χ0n) is 37.0. The van der Waals surface area contributed by atoms with Crippen LogP contribution in [0.3, 0.4) is 0 Å². The summed E-state index contributed by atoms with van der Waals surface area (Å²) in [6, 6.07) is 74.9. The summed E-state index contributed by atoms with van der Waals surface area (Å²) in [5, 5.41) is 2.20. The quantitative estimate of drug-likeness (QED) is 0.114. The number of fused-ring (bicyclic) bond motifs is 3. The molecule has 0 bridgehead atoms. The van der Waals surface area contributed by atoms with Crippen LogP contribution in [0.1, 0.15) is 27.8 Å². The van der Waals surface area contributed by atoms with Gasteiger partial charge in [-0.25, -0.2) is 0 Å². The maximum atomic E-state index is 6.28. The first kappa shape index (κ1) is 43.3. The Morgan fingerprint density at radius 3 is 1.63 bits per heavy atom. The maximum absolute atomic E-state index is 6.28. The van der Waals surface area contributed by atoms with Crippen molar-refractivity contribution in [3.8, 4) is 67.2 Å². The van der Waals surface area contributed by atoms with Crippen molar-refractivity contribution in [3.63, 3.8) is 0 Å². The molecule has 5 heteroatoms. The van der Waals surface area contributed by atoms with Crippen LogP contribution in [-0.4, -0.2) is 15.0 Å². The molecule has 7 aromatic carbocycles. The van der Waals surface area contributed by atoms with Crippen LogP contribution in [0.25, 0.3) is 89.1 Å². The van der Waals surface area contributed by atoms with Crippen LogP contribution in [0, 0.1) is 25.1 Å². The zero-order chi connectivity index (χ0) is 44.2. The van der Waals surface area contributed by atoms with Crippen LogP contribution < -0.4 is 0 Å². The molecule has 11 aromatic rings. The molecular weight excluding hydrogens is 995 g/mol. The number of hydrogen-bond donors (Lipinski definition) is 0. The van der Waals surface area contributed by atoms with Crippen LogP contribution in [-0.2, 0) is 45.8 Å². The second kappa shape index (κ2) is 19.5. The van der Waals surface area contributed by atoms with Gasteiger partial charge in [0.15, 0.2) is 0 Å². The predicted molar refractivity (Wildman–Crippen MR) is 269 cm³/mol. The van der Waals surface area contributed by atoms with Gasteiger partial charge in [0.2, 0.25) is 0 Å². The molecule has 67 heavy (non-hydrogen) atoms. The summed E-state index contributed by atoms with van der Waals surface area (Å²) in [5.41, 5.74) is 20.6. The van der Waals surface area contributed by atoms with Gasteiger partial charge in [-0.2, -0.15) is 0 Å². The van der Waals surface area contributed by atoms with Gasteiger partial charge in [-0.3, -0.25) is 0 Å². The Bertz CT molecular complexity index is 3370. The molecule has 0 unspecified atom stereocenters. The van der Waals surface area contributed by atoms with Gasteiger partial charge in [-0.05, 0) is 101 Å². The molecule has 0 fully saturated rings. The minimum atomic E-state index is 0. The van der Waals surface area contributed by atoms with E-state index < -0.39 is 0 Å². The molecule has 0 atom stereocenters. The first-order valence-electron chi connectivity index (χ1n) is 22.6. The molecule has 0 N–H and O–H groups in total. The number of aromatic nitrogens is 3. The van der Waals surface area contributed by atoms with Crippen LogP contribution in [0.5, 0.6) is 0 Å². The van der Waals surface area contributed by atoms with Gasteiger partial charge in [0.25, 0.3) is 0 Å². The Morgan fingerprint density at radius 1 is 0.388 bits per heavy atom. The molecule has 0 aliphatic heterocycles. The van der Waals surface area contributed by atoms with Crippen molar-refractivity contribution in [2.24, 2.45) is 0 Å². The topological polar surface area (TPSA) is 51.8 Å². The van der Waals surface area contributed by atoms with E-state index in [9.17, 15) is 0 Å². The van der Waals surface area contributed by atoms with Gasteiger partial charge in [-0.15, -0.1) is 94.5 Å². The smallest absolute Gasteiger partial charge is 0.456 e. The molecule has 0 radical (unpaired) electrons. The monoisotopic (exact) mass is 1040 g/mol. The maximum Gasteiger partial charge on any atom is 3.00 e. The van der Waals surface area contributed by atoms with Crippen molar-refractivity contribution in [1.29, 1.82) is 0 Å². The first-order chi connectivity index (χ1) is 32.6. The molecule has 0 saturated heterocycles. The largest absolute Gasteiger partial charge is 3.00 e. The number of pyridine rings is 3. The third-order valence-electron chi connectivity index (χ3n) is 12.5. The summed E-state index contributed by atoms with van der Waals surface area (Å²) in [4.78, 5) is 13.8. The second-order valence-corrected chi connectivity index (χ2v) is 16.9. The number of benzene rings is 7. The summed E-state index contributed by atoms with van der Waals surface area (Å²) in [6.45, 7) is 2.10. The number of aryl methyl sites for hydroxylation is 5. The van der Waals surface area contributed by atoms with E-state index in [-0.39, 0.29) is 20.1 Å². The summed E-state index contributed by atoms with van der Waals surface area (Å²) >= 11 is 0. The third-order valence-corrected chi connectivity index (χ3v) is 12.5. The fourth-order valence-corrected chi connectivity index (χ4v) is 9.02. The Balaban J connectivity index is 0.00000525. The second-order valence-electron chi connectivity index (χ2n) is 16.9. The molecule has 0 spiro atoms. The fraction of sp³-hybridized carbons (Fsp3) is 0.0806. The van der Waals surface area contributed by atoms with E-state index in [2.05, 4.69) is 162 Å². The molecule has 4 aromatic heterocycles. The SMILES string of the molecule is Cc1ccnc(-c2[c-]cc(-c3ccccc3-c3cc(CCc4c[c-]c(-c5ccccn5)cc4)cc(CCc4c[c-]c(-c5ccccn5)cc4)c3)c(-c3ccc4oc5ccccc5c4c3)c2)c1.[Ir+3]. The number of hydrogen-bond acceptors (Lipinski definition) is 4. The number of para-hydroxylation sites is 1. The third kappa shape index (κ3) is 9.44. The Hall–Kier alpha value is -7.56. The van der Waals surface area contributed by atoms with E-state index in [4.69, 9.17) is 9.40 Å². The van der Waals surface area contributed by atoms with Crippen LogP contribution in [0.4, 0.5) is 0 Å². The van der Waals surface area contributed by atoms with E-state index in [1.54, 1.807) is 0 Å². The van der Waals surface area contributed by atoms with Gasteiger partial charge < -0.3 is 19.4 Å². The van der Waals surface area contributed by atoms with Crippen molar-refractivity contribution in [2.75, 3.05) is 0 Å². The number of rotatable bonds is 12. The number of nitrogens with zero attached hydrogens (tertiary/aromatic N) is 3. The molecule has 0 aliphatic carbocycles. The summed E-state index contributed by atoms with van der Waals surface area (Å²) < 4.78 is 6.28. The average molecular weight is 1040 g/mol. The Kier molecular flexibility index (Phi) is 12.6. The van der Waals surface area contributed by atoms with Crippen molar-refractivity contribution in [1.82, 2.24) is 15.0 Å². The van der Waals surface area contributed by atoms with E-state index in [0.29, 0.717) is 0 Å². The minimum absolute atomic E-state index is 0. The van der Waals surface area contributed by atoms with E-state index in [0.717, 1.165) is 109 Å². The summed E-state index contributed by atoms with van der Waals surface area (Å²) in [5.74, 6) is 0.